The van der Waals surface area contributed by atoms with Crippen molar-refractivity contribution in [3.05, 3.63) is 48.0 Å². The van der Waals surface area contributed by atoms with Crippen molar-refractivity contribution in [3.8, 4) is 0 Å². The predicted octanol–water partition coefficient (Wildman–Crippen LogP) is 4.57. The lowest BCUT2D eigenvalue weighted by atomic mass is 9.90. The molecule has 0 unspecified atom stereocenters. The van der Waals surface area contributed by atoms with Gasteiger partial charge in [0.2, 0.25) is 0 Å². The van der Waals surface area contributed by atoms with Crippen LogP contribution in [0.15, 0.2) is 42.5 Å². The van der Waals surface area contributed by atoms with E-state index in [4.69, 9.17) is 4.74 Å². The van der Waals surface area contributed by atoms with E-state index in [1.807, 2.05) is 18.2 Å². The Morgan fingerprint density at radius 1 is 1.25 bits per heavy atom. The zero-order valence-electron chi connectivity index (χ0n) is 13.0. The number of carbonyl (C=O) groups excluding carboxylic acids is 1. The molecule has 2 heteroatoms. The summed E-state index contributed by atoms with van der Waals surface area (Å²) in [7, 11) is 1.74. The van der Waals surface area contributed by atoms with Gasteiger partial charge in [0.05, 0.1) is 6.10 Å². The van der Waals surface area contributed by atoms with Crippen molar-refractivity contribution in [3.63, 3.8) is 0 Å². The first-order chi connectivity index (χ1) is 9.54. The van der Waals surface area contributed by atoms with Crippen molar-refractivity contribution in [2.45, 2.75) is 39.7 Å². The van der Waals surface area contributed by atoms with E-state index < -0.39 is 0 Å². The van der Waals surface area contributed by atoms with E-state index in [9.17, 15) is 4.79 Å². The van der Waals surface area contributed by atoms with E-state index >= 15 is 0 Å². The summed E-state index contributed by atoms with van der Waals surface area (Å²) in [5.41, 5.74) is 1.19. The summed E-state index contributed by atoms with van der Waals surface area (Å²) in [4.78, 5) is 11.3. The van der Waals surface area contributed by atoms with Crippen LogP contribution in [0.4, 0.5) is 0 Å². The molecule has 0 bridgehead atoms. The van der Waals surface area contributed by atoms with Gasteiger partial charge < -0.3 is 9.53 Å². The van der Waals surface area contributed by atoms with Crippen LogP contribution in [0.25, 0.3) is 0 Å². The second-order valence-electron chi connectivity index (χ2n) is 5.61. The lowest BCUT2D eigenvalue weighted by molar-refractivity contribution is -0.117. The Balaban J connectivity index is 2.62. The molecule has 20 heavy (non-hydrogen) atoms. The van der Waals surface area contributed by atoms with Crippen LogP contribution in [0.5, 0.6) is 0 Å². The Bertz CT molecular complexity index is 420. The molecule has 0 radical (unpaired) electrons. The van der Waals surface area contributed by atoms with E-state index in [1.165, 1.54) is 5.56 Å². The minimum absolute atomic E-state index is 0.0811. The van der Waals surface area contributed by atoms with Gasteiger partial charge in [-0.1, -0.05) is 56.3 Å². The van der Waals surface area contributed by atoms with E-state index in [0.29, 0.717) is 18.3 Å². The second-order valence-corrected chi connectivity index (χ2v) is 5.61. The minimum Gasteiger partial charge on any atom is -0.376 e. The highest BCUT2D eigenvalue weighted by atomic mass is 16.5. The fourth-order valence-electron chi connectivity index (χ4n) is 2.27. The first-order valence-electron chi connectivity index (χ1n) is 7.28. The lowest BCUT2D eigenvalue weighted by Gasteiger charge is -2.17. The molecule has 0 aliphatic heterocycles. The molecular weight excluding hydrogens is 248 g/mol. The zero-order chi connectivity index (χ0) is 15.0. The molecule has 110 valence electrons. The third kappa shape index (κ3) is 5.70. The summed E-state index contributed by atoms with van der Waals surface area (Å²) < 4.78 is 5.54. The molecular formula is C18H26O2. The number of benzene rings is 1. The first-order valence-corrected chi connectivity index (χ1v) is 7.28. The van der Waals surface area contributed by atoms with Gasteiger partial charge in [-0.15, -0.1) is 0 Å². The van der Waals surface area contributed by atoms with Gasteiger partial charge in [-0.2, -0.15) is 0 Å². The van der Waals surface area contributed by atoms with Crippen LogP contribution < -0.4 is 0 Å². The van der Waals surface area contributed by atoms with Gasteiger partial charge in [-0.3, -0.25) is 0 Å². The molecule has 0 saturated heterocycles. The average Bonchev–Trinajstić information content (AvgIpc) is 2.42. The van der Waals surface area contributed by atoms with Crippen molar-refractivity contribution in [1.29, 1.82) is 0 Å². The molecule has 0 amide bonds. The molecule has 0 aliphatic carbocycles. The number of ether oxygens (including phenoxy) is 1. The number of hydrogen-bond acceptors (Lipinski definition) is 2. The third-order valence-electron chi connectivity index (χ3n) is 3.57. The Kier molecular flexibility index (Phi) is 7.24. The zero-order valence-corrected chi connectivity index (χ0v) is 13.0. The van der Waals surface area contributed by atoms with E-state index in [0.717, 1.165) is 6.42 Å². The van der Waals surface area contributed by atoms with Crippen LogP contribution in [0.1, 0.15) is 45.3 Å². The largest absolute Gasteiger partial charge is 0.376 e. The number of allylic oxidation sites excluding steroid dienone is 1. The van der Waals surface area contributed by atoms with Gasteiger partial charge >= 0.3 is 0 Å². The van der Waals surface area contributed by atoms with Gasteiger partial charge in [-0.05, 0) is 30.7 Å². The van der Waals surface area contributed by atoms with Gasteiger partial charge in [0.1, 0.15) is 5.78 Å². The normalized spacial score (nSPS) is 14.7. The molecule has 2 atom stereocenters. The van der Waals surface area contributed by atoms with E-state index in [1.54, 1.807) is 14.0 Å². The third-order valence-corrected chi connectivity index (χ3v) is 3.57. The number of hydrogen-bond donors (Lipinski definition) is 0. The summed E-state index contributed by atoms with van der Waals surface area (Å²) >= 11 is 0. The van der Waals surface area contributed by atoms with Crippen LogP contribution in [0, 0.1) is 11.8 Å². The maximum Gasteiger partial charge on any atom is 0.130 e. The Labute approximate surface area is 122 Å². The molecule has 0 aromatic heterocycles. The number of rotatable bonds is 8. The smallest absolute Gasteiger partial charge is 0.130 e. The number of carbonyl (C=O) groups is 1. The van der Waals surface area contributed by atoms with Crippen molar-refractivity contribution in [2.75, 3.05) is 7.11 Å². The molecule has 0 fully saturated rings. The highest BCUT2D eigenvalue weighted by Crippen LogP contribution is 2.23. The molecule has 0 saturated carbocycles. The van der Waals surface area contributed by atoms with E-state index in [2.05, 4.69) is 38.1 Å². The number of ketones is 1. The highest BCUT2D eigenvalue weighted by molar-refractivity contribution is 5.75. The lowest BCUT2D eigenvalue weighted by Crippen LogP contribution is -2.10. The summed E-state index contributed by atoms with van der Waals surface area (Å²) in [6.45, 7) is 5.97. The van der Waals surface area contributed by atoms with Gasteiger partial charge in [-0.25, -0.2) is 0 Å². The fraction of sp³-hybridized carbons (Fsp3) is 0.500. The average molecular weight is 274 g/mol. The minimum atomic E-state index is 0.0811. The number of Topliss-reactive ketones (excluding diaryl/α,β-unsaturated/α-hetero) is 1. The summed E-state index contributed by atoms with van der Waals surface area (Å²) in [6.07, 6.45) is 5.85. The van der Waals surface area contributed by atoms with Crippen molar-refractivity contribution in [2.24, 2.45) is 11.8 Å². The van der Waals surface area contributed by atoms with Crippen molar-refractivity contribution < 1.29 is 9.53 Å². The maximum atomic E-state index is 11.3. The molecule has 1 aromatic carbocycles. The molecule has 1 rings (SSSR count). The van der Waals surface area contributed by atoms with Gasteiger partial charge in [0, 0.05) is 13.5 Å². The van der Waals surface area contributed by atoms with Crippen LogP contribution in [0.2, 0.25) is 0 Å². The highest BCUT2D eigenvalue weighted by Gasteiger charge is 2.13. The Morgan fingerprint density at radius 3 is 2.40 bits per heavy atom. The molecule has 1 aromatic rings. The van der Waals surface area contributed by atoms with Gasteiger partial charge in [0.15, 0.2) is 0 Å². The molecule has 0 N–H and O–H groups in total. The summed E-state index contributed by atoms with van der Waals surface area (Å²) in [5.74, 6) is 1.05. The Morgan fingerprint density at radius 2 is 1.90 bits per heavy atom. The SMILES string of the molecule is CO[C@H](C/C=C/[C@H](CC(C)=O)C(C)C)c1ccccc1. The summed E-state index contributed by atoms with van der Waals surface area (Å²) in [5, 5.41) is 0. The molecule has 0 aliphatic rings. The second kappa shape index (κ2) is 8.70. The van der Waals surface area contributed by atoms with E-state index in [-0.39, 0.29) is 11.9 Å². The predicted molar refractivity (Wildman–Crippen MR) is 83.6 cm³/mol. The molecule has 0 spiro atoms. The molecule has 2 nitrogen and oxygen atoms in total. The summed E-state index contributed by atoms with van der Waals surface area (Å²) in [6, 6.07) is 10.2. The molecule has 0 heterocycles. The van der Waals surface area contributed by atoms with Crippen LogP contribution in [-0.2, 0) is 9.53 Å². The van der Waals surface area contributed by atoms with Crippen LogP contribution in [0.3, 0.4) is 0 Å². The standard InChI is InChI=1S/C18H26O2/c1-14(2)17(13-15(3)19)11-8-12-18(20-4)16-9-6-5-7-10-16/h5-11,14,17-18H,12-13H2,1-4H3/b11-8+/t17-,18-/m1/s1. The van der Waals surface area contributed by atoms with Crippen molar-refractivity contribution >= 4 is 5.78 Å². The van der Waals surface area contributed by atoms with Crippen LogP contribution in [-0.4, -0.2) is 12.9 Å². The first kappa shape index (κ1) is 16.6. The maximum absolute atomic E-state index is 11.3. The number of methoxy groups -OCH3 is 1. The van der Waals surface area contributed by atoms with Gasteiger partial charge in [0.25, 0.3) is 0 Å². The quantitative estimate of drug-likeness (QED) is 0.649. The fourth-order valence-corrected chi connectivity index (χ4v) is 2.27. The van der Waals surface area contributed by atoms with Crippen molar-refractivity contribution in [1.82, 2.24) is 0 Å². The monoisotopic (exact) mass is 274 g/mol. The Hall–Kier alpha value is -1.41. The van der Waals surface area contributed by atoms with Crippen LogP contribution >= 0.6 is 0 Å². The topological polar surface area (TPSA) is 26.3 Å².